The number of benzene rings is 5. The highest BCUT2D eigenvalue weighted by molar-refractivity contribution is 7.44. The molecule has 0 bridgehead atoms. The van der Waals surface area contributed by atoms with Gasteiger partial charge in [-0.2, -0.15) is 0 Å². The summed E-state index contributed by atoms with van der Waals surface area (Å²) in [6, 6.07) is 51.4. The van der Waals surface area contributed by atoms with Gasteiger partial charge in [-0.25, -0.2) is 4.67 Å². The number of hydrogen-bond acceptors (Lipinski definition) is 8. The molecule has 0 N–H and O–H groups in total. The molecule has 0 amide bonds. The molecule has 3 saturated heterocycles. The van der Waals surface area contributed by atoms with Crippen LogP contribution in [-0.2, 0) is 59.2 Å². The molecule has 9 heteroatoms. The van der Waals surface area contributed by atoms with Gasteiger partial charge in [-0.1, -0.05) is 152 Å². The lowest BCUT2D eigenvalue weighted by Crippen LogP contribution is -2.61. The van der Waals surface area contributed by atoms with Crippen molar-refractivity contribution in [2.24, 2.45) is 0 Å². The molecule has 0 radical (unpaired) electrons. The number of fused-ring (bicyclic) bond motifs is 1. The van der Waals surface area contributed by atoms with Gasteiger partial charge in [-0.15, -0.1) is 0 Å². The van der Waals surface area contributed by atoms with Crippen molar-refractivity contribution >= 4 is 8.53 Å². The summed E-state index contributed by atoms with van der Waals surface area (Å²) < 4.78 is 50.3. The van der Waals surface area contributed by atoms with Crippen LogP contribution < -0.4 is 0 Å². The molecule has 0 spiro atoms. The van der Waals surface area contributed by atoms with Crippen molar-refractivity contribution in [3.8, 4) is 0 Å². The first-order valence-electron chi connectivity index (χ1n) is 19.0. The maximum absolute atomic E-state index is 7.04. The van der Waals surface area contributed by atoms with E-state index in [1.165, 1.54) is 0 Å². The van der Waals surface area contributed by atoms with Crippen molar-refractivity contribution in [3.63, 3.8) is 0 Å². The van der Waals surface area contributed by atoms with E-state index in [0.29, 0.717) is 26.4 Å². The molecule has 8 atom stereocenters. The molecule has 3 aliphatic rings. The highest BCUT2D eigenvalue weighted by Gasteiger charge is 2.53. The molecule has 8 rings (SSSR count). The fraction of sp³-hybridized carbons (Fsp3) is 0.333. The Morgan fingerprint density at radius 1 is 0.556 bits per heavy atom. The molecule has 3 fully saturated rings. The summed E-state index contributed by atoms with van der Waals surface area (Å²) in [5.74, 6) is 0. The molecule has 8 nitrogen and oxygen atoms in total. The van der Waals surface area contributed by atoms with Crippen LogP contribution in [0.25, 0.3) is 0 Å². The third kappa shape index (κ3) is 9.35. The minimum atomic E-state index is -1.47. The van der Waals surface area contributed by atoms with E-state index in [0.717, 1.165) is 47.2 Å². The van der Waals surface area contributed by atoms with Crippen molar-refractivity contribution in [1.29, 1.82) is 0 Å². The van der Waals surface area contributed by atoms with Crippen LogP contribution in [-0.4, -0.2) is 54.6 Å². The van der Waals surface area contributed by atoms with Gasteiger partial charge in [0.05, 0.1) is 33.0 Å². The topological polar surface area (TPSA) is 67.9 Å². The first-order valence-corrected chi connectivity index (χ1v) is 20.1. The first-order chi connectivity index (χ1) is 26.8. The average molecular weight is 746 g/mol. The van der Waals surface area contributed by atoms with E-state index >= 15 is 0 Å². The summed E-state index contributed by atoms with van der Waals surface area (Å²) in [5, 5.41) is 0. The van der Waals surface area contributed by atoms with E-state index in [1.807, 2.05) is 78.9 Å². The Bertz CT molecular complexity index is 1820. The summed E-state index contributed by atoms with van der Waals surface area (Å²) in [7, 11) is -1.47. The fourth-order valence-electron chi connectivity index (χ4n) is 7.45. The lowest BCUT2D eigenvalue weighted by atomic mass is 9.98. The van der Waals surface area contributed by atoms with E-state index < -0.39 is 39.2 Å². The number of rotatable bonds is 16. The summed E-state index contributed by atoms with van der Waals surface area (Å²) in [4.78, 5) is 0. The van der Waals surface area contributed by atoms with Crippen molar-refractivity contribution in [2.75, 3.05) is 13.2 Å². The van der Waals surface area contributed by atoms with Crippen LogP contribution in [0, 0.1) is 0 Å². The minimum Gasteiger partial charge on any atom is -0.374 e. The Hall–Kier alpha value is -3.79. The summed E-state index contributed by atoms with van der Waals surface area (Å²) in [6.45, 7) is 2.69. The van der Waals surface area contributed by atoms with E-state index in [2.05, 4.69) is 77.5 Å². The molecular formula is C45H48NO7P. The standard InChI is InChI=1S/C45H48NO7P/c1-6-17-34(18-7-1)29-47-33-40-42(48-30-35-19-8-2-9-20-35)43(49-31-36-21-10-3-11-22-36)44(50-32-37-23-12-4-13-24-37)45(51-40)53-54-46-28-16-27-39(46)41(52-54)38-25-14-5-15-26-38/h1-15,17-26,39-45H,16,27-33H2/t39-,40-,41-,42-,43+,44+,45-,54+/m1/s1. The molecule has 5 aromatic rings. The monoisotopic (exact) mass is 745 g/mol. The van der Waals surface area contributed by atoms with Crippen LogP contribution in [0.15, 0.2) is 152 Å². The zero-order valence-corrected chi connectivity index (χ0v) is 31.3. The second-order valence-electron chi connectivity index (χ2n) is 14.0. The zero-order chi connectivity index (χ0) is 36.4. The predicted molar refractivity (Wildman–Crippen MR) is 208 cm³/mol. The quantitative estimate of drug-likeness (QED) is 0.0928. The Morgan fingerprint density at radius 3 is 1.59 bits per heavy atom. The van der Waals surface area contributed by atoms with Crippen LogP contribution in [0.2, 0.25) is 0 Å². The molecule has 5 aromatic carbocycles. The Morgan fingerprint density at radius 2 is 1.04 bits per heavy atom. The smallest absolute Gasteiger partial charge is 0.262 e. The number of nitrogens with zero attached hydrogens (tertiary/aromatic N) is 1. The first kappa shape index (κ1) is 37.1. The maximum atomic E-state index is 7.04. The van der Waals surface area contributed by atoms with Gasteiger partial charge >= 0.3 is 0 Å². The highest BCUT2D eigenvalue weighted by Crippen LogP contribution is 2.61. The lowest BCUT2D eigenvalue weighted by Gasteiger charge is -2.46. The molecular weight excluding hydrogens is 697 g/mol. The third-order valence-electron chi connectivity index (χ3n) is 10.2. The summed E-state index contributed by atoms with van der Waals surface area (Å²) >= 11 is 0. The maximum Gasteiger partial charge on any atom is 0.262 e. The van der Waals surface area contributed by atoms with Crippen LogP contribution in [0.1, 0.15) is 46.8 Å². The van der Waals surface area contributed by atoms with Crippen molar-refractivity contribution in [2.45, 2.75) is 82.1 Å². The van der Waals surface area contributed by atoms with Crippen LogP contribution >= 0.6 is 8.53 Å². The van der Waals surface area contributed by atoms with Gasteiger partial charge in [0, 0.05) is 12.6 Å². The molecule has 0 unspecified atom stereocenters. The summed E-state index contributed by atoms with van der Waals surface area (Å²) in [6.07, 6.45) is -1.05. The minimum absolute atomic E-state index is 0.0795. The molecule has 280 valence electrons. The van der Waals surface area contributed by atoms with Gasteiger partial charge in [-0.05, 0) is 40.7 Å². The Labute approximate surface area is 319 Å². The van der Waals surface area contributed by atoms with Gasteiger partial charge in [0.2, 0.25) is 0 Å². The van der Waals surface area contributed by atoms with Crippen molar-refractivity contribution in [1.82, 2.24) is 4.67 Å². The van der Waals surface area contributed by atoms with Gasteiger partial charge in [0.1, 0.15) is 30.5 Å². The highest BCUT2D eigenvalue weighted by atomic mass is 31.2. The predicted octanol–water partition coefficient (Wildman–Crippen LogP) is 9.16. The van der Waals surface area contributed by atoms with E-state index in [4.69, 9.17) is 32.7 Å². The SMILES string of the molecule is c1ccc(COC[C@H]2O[C@H](O[P@]3O[C@H](c4ccccc4)[C@H]4CCCN43)[C@@H](OCc3ccccc3)[C@@H](OCc3ccccc3)[C@@H]2OCc2ccccc2)cc1. The molecule has 3 aliphatic heterocycles. The molecule has 54 heavy (non-hydrogen) atoms. The number of ether oxygens (including phenoxy) is 5. The normalized spacial score (nSPS) is 26.8. The van der Waals surface area contributed by atoms with Crippen LogP contribution in [0.5, 0.6) is 0 Å². The Balaban J connectivity index is 1.11. The second-order valence-corrected chi connectivity index (χ2v) is 15.4. The molecule has 0 saturated carbocycles. The van der Waals surface area contributed by atoms with Crippen molar-refractivity contribution < 1.29 is 32.7 Å². The van der Waals surface area contributed by atoms with Gasteiger partial charge < -0.3 is 28.2 Å². The zero-order valence-electron chi connectivity index (χ0n) is 30.4. The average Bonchev–Trinajstić information content (AvgIpc) is 3.85. The second kappa shape index (κ2) is 18.7. The largest absolute Gasteiger partial charge is 0.374 e. The lowest BCUT2D eigenvalue weighted by molar-refractivity contribution is -0.310. The molecule has 0 aliphatic carbocycles. The molecule has 3 heterocycles. The third-order valence-corrected chi connectivity index (χ3v) is 11.9. The van der Waals surface area contributed by atoms with E-state index in [9.17, 15) is 0 Å². The van der Waals surface area contributed by atoms with Gasteiger partial charge in [-0.3, -0.25) is 4.52 Å². The van der Waals surface area contributed by atoms with Crippen molar-refractivity contribution in [3.05, 3.63) is 179 Å². The van der Waals surface area contributed by atoms with Crippen LogP contribution in [0.3, 0.4) is 0 Å². The van der Waals surface area contributed by atoms with E-state index in [-0.39, 0.29) is 18.8 Å². The van der Waals surface area contributed by atoms with Crippen LogP contribution in [0.4, 0.5) is 0 Å². The van der Waals surface area contributed by atoms with E-state index in [1.54, 1.807) is 0 Å². The van der Waals surface area contributed by atoms with Gasteiger partial charge in [0.25, 0.3) is 8.53 Å². The fourth-order valence-corrected chi connectivity index (χ4v) is 9.33. The number of hydrogen-bond donors (Lipinski definition) is 0. The summed E-state index contributed by atoms with van der Waals surface area (Å²) in [5.41, 5.74) is 5.39. The molecule has 0 aromatic heterocycles. The Kier molecular flexibility index (Phi) is 12.9. The van der Waals surface area contributed by atoms with Gasteiger partial charge in [0.15, 0.2) is 6.29 Å².